The number of hydrogen-bond donors (Lipinski definition) is 0. The molecule has 0 aromatic heterocycles. The minimum atomic E-state index is 1.05. The lowest BCUT2D eigenvalue weighted by atomic mass is 10.0. The van der Waals surface area contributed by atoms with Gasteiger partial charge in [-0.3, -0.25) is 0 Å². The molecule has 1 heteroatoms. The molecule has 0 fully saturated rings. The molecule has 0 amide bonds. The van der Waals surface area contributed by atoms with Crippen LogP contribution < -0.4 is 4.90 Å². The Kier molecular flexibility index (Phi) is 6.25. The molecule has 0 radical (unpaired) electrons. The minimum absolute atomic E-state index is 1.05. The minimum Gasteiger partial charge on any atom is -0.310 e. The fourth-order valence-electron chi connectivity index (χ4n) is 3.69. The average Bonchev–Trinajstić information content (AvgIpc) is 2.85. The molecule has 4 rings (SSSR count). The van der Waals surface area contributed by atoms with Gasteiger partial charge in [0.1, 0.15) is 0 Å². The molecule has 0 N–H and O–H groups in total. The van der Waals surface area contributed by atoms with Crippen LogP contribution in [0.1, 0.15) is 5.56 Å². The number of allylic oxidation sites excluding steroid dienone is 4. The quantitative estimate of drug-likeness (QED) is 0.281. The van der Waals surface area contributed by atoms with E-state index in [0.717, 1.165) is 28.2 Å². The van der Waals surface area contributed by atoms with Crippen molar-refractivity contribution in [1.82, 2.24) is 0 Å². The highest BCUT2D eigenvalue weighted by Gasteiger charge is 2.13. The van der Waals surface area contributed by atoms with E-state index in [4.69, 9.17) is 0 Å². The average molecular weight is 400 g/mol. The predicted molar refractivity (Wildman–Crippen MR) is 135 cm³/mol. The van der Waals surface area contributed by atoms with E-state index in [9.17, 15) is 0 Å². The van der Waals surface area contributed by atoms with Crippen molar-refractivity contribution in [1.29, 1.82) is 0 Å². The fraction of sp³-hybridized carbons (Fsp3) is 0. The first kappa shape index (κ1) is 20.2. The molecule has 1 nitrogen and oxygen atoms in total. The van der Waals surface area contributed by atoms with Crippen molar-refractivity contribution < 1.29 is 0 Å². The van der Waals surface area contributed by atoms with Gasteiger partial charge in [0.05, 0.1) is 0 Å². The summed E-state index contributed by atoms with van der Waals surface area (Å²) in [7, 11) is 0. The monoisotopic (exact) mass is 399 g/mol. The zero-order chi connectivity index (χ0) is 21.5. The second-order valence-electron chi connectivity index (χ2n) is 7.20. The van der Waals surface area contributed by atoms with Gasteiger partial charge in [0.2, 0.25) is 0 Å². The van der Waals surface area contributed by atoms with Crippen LogP contribution in [0.4, 0.5) is 17.1 Å². The van der Waals surface area contributed by atoms with Crippen LogP contribution in [0.2, 0.25) is 0 Å². The first-order valence-electron chi connectivity index (χ1n) is 10.4. The van der Waals surface area contributed by atoms with Gasteiger partial charge in [-0.15, -0.1) is 0 Å². The highest BCUT2D eigenvalue weighted by molar-refractivity contribution is 5.81. The first-order valence-corrected chi connectivity index (χ1v) is 10.4. The number of hydrogen-bond acceptors (Lipinski definition) is 1. The summed E-state index contributed by atoms with van der Waals surface area (Å²) in [4.78, 5) is 2.28. The van der Waals surface area contributed by atoms with Gasteiger partial charge in [0.15, 0.2) is 0 Å². The zero-order valence-electron chi connectivity index (χ0n) is 17.5. The Morgan fingerprint density at radius 3 is 1.81 bits per heavy atom. The Morgan fingerprint density at radius 1 is 0.581 bits per heavy atom. The largest absolute Gasteiger partial charge is 0.310 e. The maximum atomic E-state index is 3.92. The lowest BCUT2D eigenvalue weighted by molar-refractivity contribution is 1.28. The van der Waals surface area contributed by atoms with Crippen molar-refractivity contribution in [2.45, 2.75) is 0 Å². The van der Waals surface area contributed by atoms with Crippen LogP contribution in [-0.4, -0.2) is 0 Å². The van der Waals surface area contributed by atoms with E-state index >= 15 is 0 Å². The summed E-state index contributed by atoms with van der Waals surface area (Å²) in [6.07, 6.45) is 5.62. The van der Waals surface area contributed by atoms with E-state index < -0.39 is 0 Å². The van der Waals surface area contributed by atoms with Gasteiger partial charge in [-0.1, -0.05) is 104 Å². The van der Waals surface area contributed by atoms with Gasteiger partial charge >= 0.3 is 0 Å². The van der Waals surface area contributed by atoms with Crippen LogP contribution in [0.15, 0.2) is 141 Å². The molecule has 4 aromatic carbocycles. The maximum absolute atomic E-state index is 3.92. The number of para-hydroxylation sites is 1. The van der Waals surface area contributed by atoms with Crippen LogP contribution in [0.25, 0.3) is 16.7 Å². The van der Waals surface area contributed by atoms with E-state index in [1.165, 1.54) is 11.1 Å². The number of benzene rings is 4. The molecule has 0 heterocycles. The maximum Gasteiger partial charge on any atom is 0.0467 e. The molecule has 0 unspecified atom stereocenters. The molecular formula is C30H25N. The molecule has 31 heavy (non-hydrogen) atoms. The van der Waals surface area contributed by atoms with E-state index in [2.05, 4.69) is 115 Å². The third-order valence-corrected chi connectivity index (χ3v) is 5.20. The summed E-state index contributed by atoms with van der Waals surface area (Å²) >= 11 is 0. The summed E-state index contributed by atoms with van der Waals surface area (Å²) in [5.41, 5.74) is 7.90. The van der Waals surface area contributed by atoms with E-state index in [1.54, 1.807) is 6.08 Å². The van der Waals surface area contributed by atoms with E-state index in [1.807, 2.05) is 24.3 Å². The molecule has 150 valence electrons. The highest BCUT2D eigenvalue weighted by Crippen LogP contribution is 2.36. The molecule has 0 aliphatic carbocycles. The van der Waals surface area contributed by atoms with Crippen LogP contribution in [0, 0.1) is 0 Å². The van der Waals surface area contributed by atoms with Gasteiger partial charge in [-0.2, -0.15) is 0 Å². The number of nitrogens with zero attached hydrogens (tertiary/aromatic N) is 1. The number of rotatable bonds is 7. The Balaban J connectivity index is 1.79. The van der Waals surface area contributed by atoms with Crippen molar-refractivity contribution in [3.05, 3.63) is 146 Å². The molecule has 0 aliphatic rings. The Hall–Kier alpha value is -4.10. The van der Waals surface area contributed by atoms with E-state index in [0.29, 0.717) is 0 Å². The summed E-state index contributed by atoms with van der Waals surface area (Å²) in [5, 5.41) is 0. The van der Waals surface area contributed by atoms with Crippen molar-refractivity contribution in [3.63, 3.8) is 0 Å². The Bertz CT molecular complexity index is 1190. The summed E-state index contributed by atoms with van der Waals surface area (Å²) < 4.78 is 0. The van der Waals surface area contributed by atoms with Crippen molar-refractivity contribution >= 4 is 22.6 Å². The van der Waals surface area contributed by atoms with Crippen LogP contribution in [0.3, 0.4) is 0 Å². The van der Waals surface area contributed by atoms with Crippen LogP contribution in [0.5, 0.6) is 0 Å². The van der Waals surface area contributed by atoms with E-state index in [-0.39, 0.29) is 0 Å². The smallest absolute Gasteiger partial charge is 0.0467 e. The topological polar surface area (TPSA) is 3.24 Å². The van der Waals surface area contributed by atoms with Crippen molar-refractivity contribution in [2.24, 2.45) is 0 Å². The Labute approximate surface area is 184 Å². The third-order valence-electron chi connectivity index (χ3n) is 5.20. The standard InChI is InChI=1S/C30H25N/c1-3-12-24(4-2)26-19-21-29(22-20-26)31(28-16-9-6-10-17-28)30-18-11-15-27(23-30)25-13-7-5-8-14-25/h3-23H,1-2H2/b24-12+. The summed E-state index contributed by atoms with van der Waals surface area (Å²) in [6.45, 7) is 7.72. The molecule has 0 atom stereocenters. The highest BCUT2D eigenvalue weighted by atomic mass is 15.1. The molecule has 0 aliphatic heterocycles. The van der Waals surface area contributed by atoms with Crippen LogP contribution in [-0.2, 0) is 0 Å². The van der Waals surface area contributed by atoms with Gasteiger partial charge in [0, 0.05) is 17.1 Å². The zero-order valence-corrected chi connectivity index (χ0v) is 17.5. The predicted octanol–water partition coefficient (Wildman–Crippen LogP) is 8.58. The van der Waals surface area contributed by atoms with Crippen molar-refractivity contribution in [2.75, 3.05) is 4.90 Å². The summed E-state index contributed by atoms with van der Waals surface area (Å²) in [6, 6.07) is 38.1. The molecule has 4 aromatic rings. The Morgan fingerprint density at radius 2 is 1.16 bits per heavy atom. The number of anilines is 3. The van der Waals surface area contributed by atoms with Gasteiger partial charge in [-0.25, -0.2) is 0 Å². The molecule has 0 saturated carbocycles. The third kappa shape index (κ3) is 4.57. The van der Waals surface area contributed by atoms with Crippen molar-refractivity contribution in [3.8, 4) is 11.1 Å². The summed E-state index contributed by atoms with van der Waals surface area (Å²) in [5.74, 6) is 0. The van der Waals surface area contributed by atoms with Gasteiger partial charge < -0.3 is 4.90 Å². The molecular weight excluding hydrogens is 374 g/mol. The van der Waals surface area contributed by atoms with Gasteiger partial charge in [-0.05, 0) is 58.7 Å². The van der Waals surface area contributed by atoms with Gasteiger partial charge in [0.25, 0.3) is 0 Å². The normalized spacial score (nSPS) is 11.0. The second kappa shape index (κ2) is 9.60. The SMILES string of the molecule is C=C/C=C(\C=C)c1ccc(N(c2ccccc2)c2cccc(-c3ccccc3)c2)cc1. The lowest BCUT2D eigenvalue weighted by Gasteiger charge is -2.26. The first-order chi connectivity index (χ1) is 15.3. The molecule has 0 spiro atoms. The molecule has 0 saturated heterocycles. The fourth-order valence-corrected chi connectivity index (χ4v) is 3.69. The van der Waals surface area contributed by atoms with Crippen LogP contribution >= 0.6 is 0 Å². The molecule has 0 bridgehead atoms. The second-order valence-corrected chi connectivity index (χ2v) is 7.20. The lowest BCUT2D eigenvalue weighted by Crippen LogP contribution is -2.09.